The molecule has 0 heterocycles. The lowest BCUT2D eigenvalue weighted by atomic mass is 9.78. The summed E-state index contributed by atoms with van der Waals surface area (Å²) in [5, 5.41) is 0. The van der Waals surface area contributed by atoms with Crippen LogP contribution >= 0.6 is 0 Å². The van der Waals surface area contributed by atoms with Crippen LogP contribution in [-0.2, 0) is 12.8 Å². The number of aryl methyl sites for hydroxylation is 2. The first-order valence-corrected chi connectivity index (χ1v) is 13.5. The average molecular weight is 429 g/mol. The molecule has 0 N–H and O–H groups in total. The first-order chi connectivity index (χ1) is 15.7. The molecule has 2 saturated carbocycles. The summed E-state index contributed by atoms with van der Waals surface area (Å²) in [5.74, 6) is 3.08. The molecular formula is C31H40O. The lowest BCUT2D eigenvalue weighted by molar-refractivity contribution is 0.0946. The number of rotatable bonds is 7. The van der Waals surface area contributed by atoms with E-state index in [0.29, 0.717) is 5.78 Å². The fourth-order valence-corrected chi connectivity index (χ4v) is 6.94. The van der Waals surface area contributed by atoms with Crippen LogP contribution in [0.1, 0.15) is 122 Å². The van der Waals surface area contributed by atoms with Crippen LogP contribution in [0.25, 0.3) is 0 Å². The van der Waals surface area contributed by atoms with Gasteiger partial charge in [0, 0.05) is 11.5 Å². The van der Waals surface area contributed by atoms with Crippen molar-refractivity contribution in [3.05, 3.63) is 70.3 Å². The molecule has 3 aliphatic carbocycles. The quantitative estimate of drug-likeness (QED) is 0.405. The smallest absolute Gasteiger partial charge is 0.170 e. The summed E-state index contributed by atoms with van der Waals surface area (Å²) < 4.78 is 0. The fourth-order valence-electron chi connectivity index (χ4n) is 6.94. The van der Waals surface area contributed by atoms with E-state index in [2.05, 4.69) is 49.4 Å². The van der Waals surface area contributed by atoms with Gasteiger partial charge in [-0.1, -0.05) is 87.9 Å². The number of ketones is 1. The first kappa shape index (κ1) is 21.9. The second-order valence-electron chi connectivity index (χ2n) is 10.9. The molecule has 0 aromatic heterocycles. The molecule has 3 aliphatic rings. The predicted octanol–water partition coefficient (Wildman–Crippen LogP) is 8.41. The van der Waals surface area contributed by atoms with Crippen LogP contribution in [0.3, 0.4) is 0 Å². The van der Waals surface area contributed by atoms with Gasteiger partial charge in [0.15, 0.2) is 5.78 Å². The summed E-state index contributed by atoms with van der Waals surface area (Å²) in [6.45, 7) is 2.25. The SMILES string of the molecule is CCCCCc1ccc2c(c1)CCC(c1ccc(C3CC[C@H](C4CCCC4)C3)cc1)C2=O. The van der Waals surface area contributed by atoms with E-state index < -0.39 is 0 Å². The van der Waals surface area contributed by atoms with Crippen LogP contribution in [0.15, 0.2) is 42.5 Å². The number of hydrogen-bond acceptors (Lipinski definition) is 1. The van der Waals surface area contributed by atoms with E-state index in [0.717, 1.165) is 42.6 Å². The van der Waals surface area contributed by atoms with Gasteiger partial charge in [0.1, 0.15) is 0 Å². The van der Waals surface area contributed by atoms with Crippen molar-refractivity contribution >= 4 is 5.78 Å². The van der Waals surface area contributed by atoms with E-state index in [1.165, 1.54) is 86.5 Å². The molecule has 3 atom stereocenters. The van der Waals surface area contributed by atoms with Gasteiger partial charge in [0.25, 0.3) is 0 Å². The molecule has 170 valence electrons. The molecule has 5 rings (SSSR count). The fraction of sp³-hybridized carbons (Fsp3) is 0.581. The minimum Gasteiger partial charge on any atom is -0.293 e. The lowest BCUT2D eigenvalue weighted by Crippen LogP contribution is -2.21. The number of unbranched alkanes of at least 4 members (excludes halogenated alkanes) is 2. The highest BCUT2D eigenvalue weighted by atomic mass is 16.1. The van der Waals surface area contributed by atoms with Crippen molar-refractivity contribution in [2.24, 2.45) is 11.8 Å². The van der Waals surface area contributed by atoms with Crippen molar-refractivity contribution < 1.29 is 4.79 Å². The van der Waals surface area contributed by atoms with Gasteiger partial charge in [-0.2, -0.15) is 0 Å². The van der Waals surface area contributed by atoms with E-state index >= 15 is 0 Å². The molecule has 0 amide bonds. The number of hydrogen-bond donors (Lipinski definition) is 0. The van der Waals surface area contributed by atoms with E-state index in [1.807, 2.05) is 0 Å². The maximum absolute atomic E-state index is 13.3. The monoisotopic (exact) mass is 428 g/mol. The van der Waals surface area contributed by atoms with Crippen LogP contribution in [0.4, 0.5) is 0 Å². The van der Waals surface area contributed by atoms with E-state index in [9.17, 15) is 4.79 Å². The third kappa shape index (κ3) is 4.59. The van der Waals surface area contributed by atoms with Crippen LogP contribution in [-0.4, -0.2) is 5.78 Å². The van der Waals surface area contributed by atoms with E-state index in [4.69, 9.17) is 0 Å². The van der Waals surface area contributed by atoms with Crippen molar-refractivity contribution in [2.75, 3.05) is 0 Å². The Morgan fingerprint density at radius 3 is 2.38 bits per heavy atom. The highest BCUT2D eigenvalue weighted by Gasteiger charge is 2.33. The van der Waals surface area contributed by atoms with Crippen LogP contribution in [0.5, 0.6) is 0 Å². The van der Waals surface area contributed by atoms with Crippen molar-refractivity contribution in [2.45, 2.75) is 102 Å². The highest BCUT2D eigenvalue weighted by molar-refractivity contribution is 6.03. The molecule has 1 nitrogen and oxygen atoms in total. The minimum atomic E-state index is 0.0392. The Labute approximate surface area is 195 Å². The molecule has 32 heavy (non-hydrogen) atoms. The Morgan fingerprint density at radius 1 is 0.812 bits per heavy atom. The molecule has 0 radical (unpaired) electrons. The molecule has 0 saturated heterocycles. The molecule has 2 aromatic rings. The van der Waals surface area contributed by atoms with Gasteiger partial charge < -0.3 is 0 Å². The van der Waals surface area contributed by atoms with Gasteiger partial charge in [-0.15, -0.1) is 0 Å². The van der Waals surface area contributed by atoms with E-state index in [-0.39, 0.29) is 5.92 Å². The van der Waals surface area contributed by atoms with Crippen molar-refractivity contribution in [1.82, 2.24) is 0 Å². The normalized spacial score (nSPS) is 25.9. The number of fused-ring (bicyclic) bond motifs is 1. The zero-order chi connectivity index (χ0) is 21.9. The third-order valence-electron chi connectivity index (χ3n) is 8.87. The maximum atomic E-state index is 13.3. The molecule has 0 aliphatic heterocycles. The predicted molar refractivity (Wildman–Crippen MR) is 134 cm³/mol. The molecule has 0 bridgehead atoms. The van der Waals surface area contributed by atoms with Crippen LogP contribution in [0.2, 0.25) is 0 Å². The lowest BCUT2D eigenvalue weighted by Gasteiger charge is -2.25. The Balaban J connectivity index is 1.23. The largest absolute Gasteiger partial charge is 0.293 e. The number of Topliss-reactive ketones (excluding diaryl/α,β-unsaturated/α-hetero) is 1. The van der Waals surface area contributed by atoms with Gasteiger partial charge in [0.05, 0.1) is 0 Å². The van der Waals surface area contributed by atoms with Gasteiger partial charge in [-0.3, -0.25) is 4.79 Å². The summed E-state index contributed by atoms with van der Waals surface area (Å²) >= 11 is 0. The zero-order valence-electron chi connectivity index (χ0n) is 20.0. The molecule has 1 heteroatoms. The Bertz CT molecular complexity index is 918. The second-order valence-corrected chi connectivity index (χ2v) is 10.9. The minimum absolute atomic E-state index is 0.0392. The van der Waals surface area contributed by atoms with Gasteiger partial charge in [-0.05, 0) is 85.0 Å². The third-order valence-corrected chi connectivity index (χ3v) is 8.87. The topological polar surface area (TPSA) is 17.1 Å². The Kier molecular flexibility index (Phi) is 6.81. The zero-order valence-corrected chi connectivity index (χ0v) is 20.0. The first-order valence-electron chi connectivity index (χ1n) is 13.5. The molecule has 0 spiro atoms. The Hall–Kier alpha value is -1.89. The van der Waals surface area contributed by atoms with Crippen molar-refractivity contribution in [3.8, 4) is 0 Å². The molecule has 2 unspecified atom stereocenters. The Morgan fingerprint density at radius 2 is 1.59 bits per heavy atom. The number of carbonyl (C=O) groups excluding carboxylic acids is 1. The number of carbonyl (C=O) groups is 1. The number of benzene rings is 2. The maximum Gasteiger partial charge on any atom is 0.170 e. The highest BCUT2D eigenvalue weighted by Crippen LogP contribution is 2.46. The standard InChI is InChI=1S/C31H40O/c1-2-3-4-7-22-10-18-30-28(20-22)17-19-29(31(30)32)25-13-11-24(12-14-25)27-16-15-26(21-27)23-8-5-6-9-23/h10-14,18,20,23,26-27,29H,2-9,15-17,19,21H2,1H3/t26-,27?,29?/m0/s1. The molecule has 2 fully saturated rings. The second kappa shape index (κ2) is 9.94. The molecular weight excluding hydrogens is 388 g/mol. The summed E-state index contributed by atoms with van der Waals surface area (Å²) in [6.07, 6.45) is 17.0. The van der Waals surface area contributed by atoms with Gasteiger partial charge in [-0.25, -0.2) is 0 Å². The van der Waals surface area contributed by atoms with Crippen molar-refractivity contribution in [1.29, 1.82) is 0 Å². The van der Waals surface area contributed by atoms with Crippen LogP contribution in [0, 0.1) is 11.8 Å². The van der Waals surface area contributed by atoms with Crippen LogP contribution < -0.4 is 0 Å². The average Bonchev–Trinajstić information content (AvgIpc) is 3.52. The summed E-state index contributed by atoms with van der Waals surface area (Å²) in [4.78, 5) is 13.3. The summed E-state index contributed by atoms with van der Waals surface area (Å²) in [7, 11) is 0. The van der Waals surface area contributed by atoms with E-state index in [1.54, 1.807) is 0 Å². The van der Waals surface area contributed by atoms with Gasteiger partial charge in [0.2, 0.25) is 0 Å². The van der Waals surface area contributed by atoms with Crippen molar-refractivity contribution in [3.63, 3.8) is 0 Å². The summed E-state index contributed by atoms with van der Waals surface area (Å²) in [5.41, 5.74) is 6.39. The van der Waals surface area contributed by atoms with Gasteiger partial charge >= 0.3 is 0 Å². The molecule has 2 aromatic carbocycles. The summed E-state index contributed by atoms with van der Waals surface area (Å²) in [6, 6.07) is 15.8.